The van der Waals surface area contributed by atoms with Gasteiger partial charge in [-0.3, -0.25) is 0 Å². The predicted octanol–water partition coefficient (Wildman–Crippen LogP) is 9.05. The first-order valence-electron chi connectivity index (χ1n) is 13.4. The Morgan fingerprint density at radius 2 is 1.42 bits per heavy atom. The van der Waals surface area contributed by atoms with Gasteiger partial charge in [0, 0.05) is 21.8 Å². The molecule has 38 heavy (non-hydrogen) atoms. The second kappa shape index (κ2) is 9.04. The summed E-state index contributed by atoms with van der Waals surface area (Å²) >= 11 is 0. The number of nitrogens with zero attached hydrogens (tertiary/aromatic N) is 3. The van der Waals surface area contributed by atoms with E-state index in [0.717, 1.165) is 35.1 Å². The van der Waals surface area contributed by atoms with E-state index in [0.29, 0.717) is 0 Å². The molecular formula is C35H29N3. The van der Waals surface area contributed by atoms with Gasteiger partial charge in [0.15, 0.2) is 0 Å². The molecule has 0 fully saturated rings. The second-order valence-electron chi connectivity index (χ2n) is 10.0. The molecule has 0 radical (unpaired) electrons. The van der Waals surface area contributed by atoms with E-state index in [9.17, 15) is 0 Å². The lowest BCUT2D eigenvalue weighted by Gasteiger charge is -2.14. The predicted molar refractivity (Wildman–Crippen MR) is 160 cm³/mol. The normalized spacial score (nSPS) is 11.6. The van der Waals surface area contributed by atoms with Gasteiger partial charge in [-0.05, 0) is 78.1 Å². The number of benzene rings is 5. The van der Waals surface area contributed by atoms with Crippen molar-refractivity contribution in [1.82, 2.24) is 14.3 Å². The summed E-state index contributed by atoms with van der Waals surface area (Å²) in [6.45, 7) is 4.44. The van der Waals surface area contributed by atoms with Crippen molar-refractivity contribution in [3.8, 4) is 22.5 Å². The van der Waals surface area contributed by atoms with Crippen LogP contribution in [-0.4, -0.2) is 14.3 Å². The molecule has 7 aromatic rings. The lowest BCUT2D eigenvalue weighted by atomic mass is 9.93. The van der Waals surface area contributed by atoms with Crippen LogP contribution in [0.15, 0.2) is 115 Å². The van der Waals surface area contributed by atoms with Crippen LogP contribution in [-0.2, 0) is 6.42 Å². The third kappa shape index (κ3) is 3.47. The molecule has 0 aliphatic rings. The van der Waals surface area contributed by atoms with Gasteiger partial charge >= 0.3 is 0 Å². The molecule has 0 aliphatic carbocycles. The van der Waals surface area contributed by atoms with E-state index in [2.05, 4.69) is 132 Å². The van der Waals surface area contributed by atoms with Crippen LogP contribution in [0.5, 0.6) is 0 Å². The van der Waals surface area contributed by atoms with Crippen LogP contribution in [0.25, 0.3) is 55.2 Å². The van der Waals surface area contributed by atoms with Crippen molar-refractivity contribution >= 4 is 32.7 Å². The minimum atomic E-state index is 1.08. The van der Waals surface area contributed by atoms with Crippen molar-refractivity contribution < 1.29 is 0 Å². The fraction of sp³-hybridized carbons (Fsp3) is 0.114. The molecule has 3 heteroatoms. The SMILES string of the molecule is CCCc1ccccc1-c1cc(-n2ncc3c2ccc2c4ccccc4n(-c4ccccc4)c23)ccc1C. The summed E-state index contributed by atoms with van der Waals surface area (Å²) in [4.78, 5) is 0. The zero-order valence-corrected chi connectivity index (χ0v) is 21.7. The molecule has 0 spiro atoms. The van der Waals surface area contributed by atoms with Gasteiger partial charge < -0.3 is 4.57 Å². The summed E-state index contributed by atoms with van der Waals surface area (Å²) in [5.41, 5.74) is 11.0. The maximum absolute atomic E-state index is 4.95. The number of aromatic nitrogens is 3. The average Bonchev–Trinajstić information content (AvgIpc) is 3.54. The standard InChI is InChI=1S/C35H29N3/c1-3-11-25-12-7-8-15-28(25)31-22-27(19-18-24(31)2)38-34-21-20-30-29-16-9-10-17-33(29)37(26-13-5-4-6-14-26)35(30)32(34)23-36-38/h4-10,12-23H,3,11H2,1-2H3. The third-order valence-electron chi connectivity index (χ3n) is 7.69. The highest BCUT2D eigenvalue weighted by molar-refractivity contribution is 6.18. The molecule has 0 saturated heterocycles. The Balaban J connectivity index is 1.47. The zero-order valence-electron chi connectivity index (χ0n) is 21.7. The van der Waals surface area contributed by atoms with Crippen LogP contribution in [0.2, 0.25) is 0 Å². The molecule has 5 aromatic carbocycles. The smallest absolute Gasteiger partial charge is 0.0762 e. The minimum Gasteiger partial charge on any atom is -0.309 e. The minimum absolute atomic E-state index is 1.08. The van der Waals surface area contributed by atoms with E-state index < -0.39 is 0 Å². The summed E-state index contributed by atoms with van der Waals surface area (Å²) in [6, 6.07) is 39.3. The number of aryl methyl sites for hydroxylation is 2. The zero-order chi connectivity index (χ0) is 25.6. The fourth-order valence-electron chi connectivity index (χ4n) is 5.92. The highest BCUT2D eigenvalue weighted by Crippen LogP contribution is 2.37. The lowest BCUT2D eigenvalue weighted by Crippen LogP contribution is -1.99. The Bertz CT molecular complexity index is 1940. The molecule has 0 atom stereocenters. The number of fused-ring (bicyclic) bond motifs is 5. The summed E-state index contributed by atoms with van der Waals surface area (Å²) in [7, 11) is 0. The molecule has 3 nitrogen and oxygen atoms in total. The first-order valence-corrected chi connectivity index (χ1v) is 13.4. The van der Waals surface area contributed by atoms with Gasteiger partial charge in [0.1, 0.15) is 0 Å². The van der Waals surface area contributed by atoms with E-state index >= 15 is 0 Å². The molecule has 7 rings (SSSR count). The molecule has 0 aliphatic heterocycles. The van der Waals surface area contributed by atoms with Gasteiger partial charge in [0.05, 0.1) is 28.4 Å². The molecule has 184 valence electrons. The fourth-order valence-corrected chi connectivity index (χ4v) is 5.92. The molecule has 0 N–H and O–H groups in total. The van der Waals surface area contributed by atoms with Crippen molar-refractivity contribution in [3.63, 3.8) is 0 Å². The molecule has 0 amide bonds. The van der Waals surface area contributed by atoms with Gasteiger partial charge in [-0.2, -0.15) is 5.10 Å². The summed E-state index contributed by atoms with van der Waals surface area (Å²) in [5.74, 6) is 0. The van der Waals surface area contributed by atoms with Crippen LogP contribution in [0.3, 0.4) is 0 Å². The number of hydrogen-bond acceptors (Lipinski definition) is 1. The van der Waals surface area contributed by atoms with Crippen LogP contribution in [0, 0.1) is 6.92 Å². The summed E-state index contributed by atoms with van der Waals surface area (Å²) in [5, 5.41) is 8.60. The average molecular weight is 492 g/mol. The maximum Gasteiger partial charge on any atom is 0.0762 e. The van der Waals surface area contributed by atoms with E-state index in [1.54, 1.807) is 0 Å². The van der Waals surface area contributed by atoms with Crippen LogP contribution >= 0.6 is 0 Å². The summed E-state index contributed by atoms with van der Waals surface area (Å²) in [6.07, 6.45) is 4.23. The van der Waals surface area contributed by atoms with Gasteiger partial charge in [-0.25, -0.2) is 4.68 Å². The first kappa shape index (κ1) is 22.6. The molecular weight excluding hydrogens is 462 g/mol. The molecule has 2 heterocycles. The van der Waals surface area contributed by atoms with Crippen molar-refractivity contribution in [2.24, 2.45) is 0 Å². The van der Waals surface area contributed by atoms with Gasteiger partial charge in [-0.15, -0.1) is 0 Å². The van der Waals surface area contributed by atoms with Crippen molar-refractivity contribution in [1.29, 1.82) is 0 Å². The molecule has 0 saturated carbocycles. The highest BCUT2D eigenvalue weighted by atomic mass is 15.3. The van der Waals surface area contributed by atoms with Crippen molar-refractivity contribution in [3.05, 3.63) is 127 Å². The molecule has 0 bridgehead atoms. The van der Waals surface area contributed by atoms with Gasteiger partial charge in [0.2, 0.25) is 0 Å². The second-order valence-corrected chi connectivity index (χ2v) is 10.0. The number of rotatable bonds is 5. The Morgan fingerprint density at radius 3 is 2.29 bits per heavy atom. The topological polar surface area (TPSA) is 22.8 Å². The van der Waals surface area contributed by atoms with Crippen molar-refractivity contribution in [2.45, 2.75) is 26.7 Å². The third-order valence-corrected chi connectivity index (χ3v) is 7.69. The molecule has 0 unspecified atom stereocenters. The number of hydrogen-bond donors (Lipinski definition) is 0. The largest absolute Gasteiger partial charge is 0.309 e. The lowest BCUT2D eigenvalue weighted by molar-refractivity contribution is 0.909. The van der Waals surface area contributed by atoms with Gasteiger partial charge in [-0.1, -0.05) is 80.1 Å². The van der Waals surface area contributed by atoms with E-state index in [-0.39, 0.29) is 0 Å². The first-order chi connectivity index (χ1) is 18.7. The Labute approximate surface area is 222 Å². The van der Waals surface area contributed by atoms with Crippen LogP contribution < -0.4 is 0 Å². The monoisotopic (exact) mass is 491 g/mol. The summed E-state index contributed by atoms with van der Waals surface area (Å²) < 4.78 is 4.47. The Hall–Kier alpha value is -4.63. The van der Waals surface area contributed by atoms with E-state index in [1.165, 1.54) is 44.1 Å². The van der Waals surface area contributed by atoms with Crippen molar-refractivity contribution in [2.75, 3.05) is 0 Å². The Kier molecular flexibility index (Phi) is 5.36. The quantitative estimate of drug-likeness (QED) is 0.235. The molecule has 2 aromatic heterocycles. The van der Waals surface area contributed by atoms with E-state index in [4.69, 9.17) is 5.10 Å². The number of para-hydroxylation sites is 2. The highest BCUT2D eigenvalue weighted by Gasteiger charge is 2.18. The Morgan fingerprint density at radius 1 is 0.632 bits per heavy atom. The van der Waals surface area contributed by atoms with Gasteiger partial charge in [0.25, 0.3) is 0 Å². The maximum atomic E-state index is 4.95. The van der Waals surface area contributed by atoms with Crippen LogP contribution in [0.4, 0.5) is 0 Å². The van der Waals surface area contributed by atoms with Crippen LogP contribution in [0.1, 0.15) is 24.5 Å². The van der Waals surface area contributed by atoms with E-state index in [1.807, 2.05) is 6.20 Å².